The second kappa shape index (κ2) is 6.04. The number of nitrogens with zero attached hydrogens (tertiary/aromatic N) is 3. The van der Waals surface area contributed by atoms with E-state index in [-0.39, 0.29) is 24.7 Å². The fourth-order valence-corrected chi connectivity index (χ4v) is 3.79. The number of carbonyl (C=O) groups is 1. The van der Waals surface area contributed by atoms with Gasteiger partial charge in [-0.2, -0.15) is 17.0 Å². The van der Waals surface area contributed by atoms with Crippen LogP contribution in [0.25, 0.3) is 11.0 Å². The zero-order valence-corrected chi connectivity index (χ0v) is 14.3. The van der Waals surface area contributed by atoms with Crippen LogP contribution in [-0.2, 0) is 10.2 Å². The molecule has 3 rings (SSSR count). The van der Waals surface area contributed by atoms with E-state index in [4.69, 9.17) is 0 Å². The maximum atomic E-state index is 12.6. The van der Waals surface area contributed by atoms with E-state index in [0.29, 0.717) is 29.7 Å². The van der Waals surface area contributed by atoms with Crippen LogP contribution < -0.4 is 5.69 Å². The number of imidazole rings is 1. The van der Waals surface area contributed by atoms with Gasteiger partial charge >= 0.3 is 5.69 Å². The molecule has 1 saturated heterocycles. The molecule has 0 atom stereocenters. The maximum absolute atomic E-state index is 12.6. The van der Waals surface area contributed by atoms with E-state index in [1.54, 1.807) is 23.1 Å². The Labute approximate surface area is 139 Å². The minimum absolute atomic E-state index is 0.180. The zero-order chi connectivity index (χ0) is 17.5. The van der Waals surface area contributed by atoms with Crippen LogP contribution in [0.2, 0.25) is 0 Å². The molecule has 0 bridgehead atoms. The minimum atomic E-state index is -3.45. The Kier molecular flexibility index (Phi) is 4.20. The Hall–Kier alpha value is -2.17. The van der Waals surface area contributed by atoms with E-state index < -0.39 is 10.2 Å². The van der Waals surface area contributed by atoms with Gasteiger partial charge in [-0.25, -0.2) is 4.79 Å². The molecule has 0 spiro atoms. The number of carbonyl (C=O) groups excluding carboxylic acids is 1. The lowest BCUT2D eigenvalue weighted by molar-refractivity contribution is 0.0695. The van der Waals surface area contributed by atoms with Gasteiger partial charge in [-0.3, -0.25) is 4.79 Å². The first kappa shape index (κ1) is 16.7. The lowest BCUT2D eigenvalue weighted by Gasteiger charge is -2.35. The number of amides is 1. The van der Waals surface area contributed by atoms with Gasteiger partial charge in [0.25, 0.3) is 16.1 Å². The molecule has 2 N–H and O–H groups in total. The molecule has 1 aromatic carbocycles. The predicted molar refractivity (Wildman–Crippen MR) is 89.0 cm³/mol. The summed E-state index contributed by atoms with van der Waals surface area (Å²) in [5.74, 6) is -0.180. The summed E-state index contributed by atoms with van der Waals surface area (Å²) in [4.78, 5) is 30.7. The molecule has 0 unspecified atom stereocenters. The van der Waals surface area contributed by atoms with Gasteiger partial charge in [-0.1, -0.05) is 0 Å². The molecule has 10 heteroatoms. The quantitative estimate of drug-likeness (QED) is 0.769. The highest BCUT2D eigenvalue weighted by molar-refractivity contribution is 7.86. The lowest BCUT2D eigenvalue weighted by atomic mass is 10.1. The van der Waals surface area contributed by atoms with Gasteiger partial charge in [0.05, 0.1) is 11.0 Å². The fraction of sp³-hybridized carbons (Fsp3) is 0.429. The summed E-state index contributed by atoms with van der Waals surface area (Å²) in [7, 11) is -0.483. The average molecular weight is 353 g/mol. The molecule has 24 heavy (non-hydrogen) atoms. The first-order chi connectivity index (χ1) is 11.3. The molecule has 130 valence electrons. The van der Waals surface area contributed by atoms with Gasteiger partial charge in [0.2, 0.25) is 0 Å². The van der Waals surface area contributed by atoms with Crippen LogP contribution in [0.1, 0.15) is 10.4 Å². The number of aromatic nitrogens is 2. The van der Waals surface area contributed by atoms with Crippen LogP contribution >= 0.6 is 0 Å². The van der Waals surface area contributed by atoms with E-state index >= 15 is 0 Å². The van der Waals surface area contributed by atoms with Crippen LogP contribution in [0.15, 0.2) is 23.0 Å². The number of H-pyrrole nitrogens is 2. The number of fused-ring (bicyclic) bond motifs is 1. The second-order valence-electron chi connectivity index (χ2n) is 5.82. The van der Waals surface area contributed by atoms with Gasteiger partial charge in [0, 0.05) is 45.8 Å². The average Bonchev–Trinajstić information content (AvgIpc) is 2.93. The molecule has 1 amide bonds. The van der Waals surface area contributed by atoms with Crippen LogP contribution in [-0.4, -0.2) is 78.1 Å². The largest absolute Gasteiger partial charge is 0.336 e. The summed E-state index contributed by atoms with van der Waals surface area (Å²) in [5, 5.41) is 0. The SMILES string of the molecule is CN(C)S(=O)(=O)N1CCN(C(=O)c2ccc3[nH]c(=O)[nH]c3c2)CC1. The van der Waals surface area contributed by atoms with Crippen LogP contribution in [0.3, 0.4) is 0 Å². The van der Waals surface area contributed by atoms with E-state index in [2.05, 4.69) is 9.97 Å². The summed E-state index contributed by atoms with van der Waals surface area (Å²) < 4.78 is 26.7. The van der Waals surface area contributed by atoms with Crippen LogP contribution in [0, 0.1) is 0 Å². The Morgan fingerprint density at radius 3 is 2.33 bits per heavy atom. The number of hydrogen-bond acceptors (Lipinski definition) is 4. The number of nitrogens with one attached hydrogen (secondary N) is 2. The number of piperazine rings is 1. The van der Waals surface area contributed by atoms with Crippen molar-refractivity contribution in [1.29, 1.82) is 0 Å². The van der Waals surface area contributed by atoms with Crippen molar-refractivity contribution in [1.82, 2.24) is 23.5 Å². The number of benzene rings is 1. The Morgan fingerprint density at radius 2 is 1.71 bits per heavy atom. The molecule has 0 saturated carbocycles. The smallest absolute Gasteiger partial charge is 0.323 e. The van der Waals surface area contributed by atoms with Crippen LogP contribution in [0.5, 0.6) is 0 Å². The number of aromatic amines is 2. The van der Waals surface area contributed by atoms with Gasteiger partial charge < -0.3 is 14.9 Å². The number of rotatable bonds is 3. The van der Waals surface area contributed by atoms with E-state index in [0.717, 1.165) is 0 Å². The Bertz CT molecular complexity index is 922. The van der Waals surface area contributed by atoms with Crippen molar-refractivity contribution in [2.45, 2.75) is 0 Å². The third-order valence-electron chi connectivity index (χ3n) is 4.08. The zero-order valence-electron chi connectivity index (χ0n) is 13.4. The van der Waals surface area contributed by atoms with E-state index in [1.165, 1.54) is 22.7 Å². The molecule has 1 aromatic heterocycles. The van der Waals surface area contributed by atoms with Crippen molar-refractivity contribution in [2.75, 3.05) is 40.3 Å². The Balaban J connectivity index is 1.73. The molecular weight excluding hydrogens is 334 g/mol. The molecule has 1 fully saturated rings. The molecule has 0 aliphatic carbocycles. The maximum Gasteiger partial charge on any atom is 0.323 e. The normalized spacial score (nSPS) is 16.9. The highest BCUT2D eigenvalue weighted by atomic mass is 32.2. The van der Waals surface area contributed by atoms with Crippen molar-refractivity contribution < 1.29 is 13.2 Å². The molecule has 2 heterocycles. The van der Waals surface area contributed by atoms with Gasteiger partial charge in [0.15, 0.2) is 0 Å². The highest BCUT2D eigenvalue weighted by Gasteiger charge is 2.30. The standard InChI is InChI=1S/C14H19N5O4S/c1-17(2)24(22,23)19-7-5-18(6-8-19)13(20)10-3-4-11-12(9-10)16-14(21)15-11/h3-4,9H,5-8H2,1-2H3,(H2,15,16,21). The molecule has 1 aliphatic rings. The monoisotopic (exact) mass is 353 g/mol. The van der Waals surface area contributed by atoms with E-state index in [1.807, 2.05) is 0 Å². The fourth-order valence-electron chi connectivity index (χ4n) is 2.70. The third-order valence-corrected chi connectivity index (χ3v) is 6.02. The highest BCUT2D eigenvalue weighted by Crippen LogP contribution is 2.15. The molecular formula is C14H19N5O4S. The lowest BCUT2D eigenvalue weighted by Crippen LogP contribution is -2.53. The van der Waals surface area contributed by atoms with Crippen molar-refractivity contribution >= 4 is 27.1 Å². The van der Waals surface area contributed by atoms with Crippen molar-refractivity contribution in [3.63, 3.8) is 0 Å². The first-order valence-corrected chi connectivity index (χ1v) is 8.87. The summed E-state index contributed by atoms with van der Waals surface area (Å²) in [6.07, 6.45) is 0. The van der Waals surface area contributed by atoms with Crippen LogP contribution in [0.4, 0.5) is 0 Å². The molecule has 0 radical (unpaired) electrons. The van der Waals surface area contributed by atoms with Gasteiger partial charge in [-0.15, -0.1) is 0 Å². The van der Waals surface area contributed by atoms with Crippen molar-refractivity contribution in [3.8, 4) is 0 Å². The molecule has 1 aliphatic heterocycles. The molecule has 2 aromatic rings. The summed E-state index contributed by atoms with van der Waals surface area (Å²) in [5.41, 5.74) is 1.34. The first-order valence-electron chi connectivity index (χ1n) is 7.48. The van der Waals surface area contributed by atoms with E-state index in [9.17, 15) is 18.0 Å². The Morgan fingerprint density at radius 1 is 1.08 bits per heavy atom. The predicted octanol–water partition coefficient (Wildman–Crippen LogP) is -0.580. The summed E-state index contributed by atoms with van der Waals surface area (Å²) >= 11 is 0. The van der Waals surface area contributed by atoms with Crippen molar-refractivity contribution in [3.05, 3.63) is 34.2 Å². The number of hydrogen-bond donors (Lipinski definition) is 2. The second-order valence-corrected chi connectivity index (χ2v) is 7.96. The minimum Gasteiger partial charge on any atom is -0.336 e. The summed E-state index contributed by atoms with van der Waals surface area (Å²) in [6, 6.07) is 4.95. The molecule has 9 nitrogen and oxygen atoms in total. The summed E-state index contributed by atoms with van der Waals surface area (Å²) in [6.45, 7) is 1.17. The van der Waals surface area contributed by atoms with Crippen molar-refractivity contribution in [2.24, 2.45) is 0 Å². The van der Waals surface area contributed by atoms with Gasteiger partial charge in [-0.05, 0) is 18.2 Å². The third kappa shape index (κ3) is 2.95. The topological polar surface area (TPSA) is 110 Å². The van der Waals surface area contributed by atoms with Gasteiger partial charge in [0.1, 0.15) is 0 Å².